The van der Waals surface area contributed by atoms with Crippen LogP contribution in [0.2, 0.25) is 0 Å². The lowest BCUT2D eigenvalue weighted by atomic mass is 10.1. The van der Waals surface area contributed by atoms with Crippen LogP contribution in [-0.2, 0) is 6.54 Å². The van der Waals surface area contributed by atoms with Crippen LogP contribution >= 0.6 is 15.9 Å². The first-order valence-electron chi connectivity index (χ1n) is 6.73. The number of hydrogen-bond donors (Lipinski definition) is 0. The van der Waals surface area contributed by atoms with Crippen LogP contribution in [0.5, 0.6) is 5.75 Å². The smallest absolute Gasteiger partial charge is 0.171 e. The van der Waals surface area contributed by atoms with Crippen LogP contribution in [0.1, 0.15) is 16.7 Å². The van der Waals surface area contributed by atoms with Gasteiger partial charge in [0.1, 0.15) is 6.61 Å². The van der Waals surface area contributed by atoms with Gasteiger partial charge in [-0.2, -0.15) is 0 Å². The number of halogens is 1. The first kappa shape index (κ1) is 13.4. The van der Waals surface area contributed by atoms with E-state index in [4.69, 9.17) is 4.74 Å². The number of fused-ring (bicyclic) bond motifs is 1. The maximum absolute atomic E-state index is 5.69. The Morgan fingerprint density at radius 3 is 3.00 bits per heavy atom. The second-order valence-corrected chi connectivity index (χ2v) is 6.09. The maximum Gasteiger partial charge on any atom is 0.171 e. The molecule has 0 fully saturated rings. The van der Waals surface area contributed by atoms with E-state index in [0.29, 0.717) is 6.61 Å². The Bertz CT molecular complexity index is 642. The van der Waals surface area contributed by atoms with Crippen LogP contribution < -0.4 is 9.64 Å². The predicted molar refractivity (Wildman–Crippen MR) is 84.4 cm³/mol. The van der Waals surface area contributed by atoms with E-state index in [0.717, 1.165) is 29.1 Å². The minimum atomic E-state index is 0.704. The fraction of sp³-hybridized carbons (Fsp3) is 0.312. The highest BCUT2D eigenvalue weighted by molar-refractivity contribution is 9.10. The van der Waals surface area contributed by atoms with E-state index >= 15 is 0 Å². The molecule has 0 bridgehead atoms. The molecule has 1 aliphatic rings. The van der Waals surface area contributed by atoms with Crippen molar-refractivity contribution in [2.45, 2.75) is 20.4 Å². The average Bonchev–Trinajstić information content (AvgIpc) is 2.43. The van der Waals surface area contributed by atoms with E-state index in [1.165, 1.54) is 16.7 Å². The van der Waals surface area contributed by atoms with Gasteiger partial charge in [0.2, 0.25) is 0 Å². The number of aryl methyl sites for hydroxylation is 2. The number of benzene rings is 1. The highest BCUT2D eigenvalue weighted by Gasteiger charge is 2.20. The summed E-state index contributed by atoms with van der Waals surface area (Å²) in [4.78, 5) is 6.79. The fourth-order valence-corrected chi connectivity index (χ4v) is 2.77. The maximum atomic E-state index is 5.69. The molecule has 0 aliphatic carbocycles. The molecule has 4 heteroatoms. The Balaban J connectivity index is 1.91. The zero-order valence-corrected chi connectivity index (χ0v) is 13.3. The molecular formula is C16H17BrN2O. The largest absolute Gasteiger partial charge is 0.488 e. The standard InChI is InChI=1S/C16H17BrN2O/c1-11-3-4-12(2)13(7-11)10-19-5-6-20-15-8-14(17)9-18-16(15)19/h3-4,7-9H,5-6,10H2,1-2H3. The van der Waals surface area contributed by atoms with Gasteiger partial charge in [0, 0.05) is 17.2 Å². The van der Waals surface area contributed by atoms with Gasteiger partial charge in [0.25, 0.3) is 0 Å². The van der Waals surface area contributed by atoms with Gasteiger partial charge in [-0.15, -0.1) is 0 Å². The van der Waals surface area contributed by atoms with Gasteiger partial charge in [0.15, 0.2) is 11.6 Å². The first-order chi connectivity index (χ1) is 9.63. The van der Waals surface area contributed by atoms with Gasteiger partial charge in [0.05, 0.1) is 6.54 Å². The quantitative estimate of drug-likeness (QED) is 0.834. The lowest BCUT2D eigenvalue weighted by Gasteiger charge is -2.30. The van der Waals surface area contributed by atoms with Crippen LogP contribution in [0, 0.1) is 13.8 Å². The summed E-state index contributed by atoms with van der Waals surface area (Å²) in [6.45, 7) is 6.74. The minimum absolute atomic E-state index is 0.704. The molecule has 3 rings (SSSR count). The zero-order valence-electron chi connectivity index (χ0n) is 11.7. The molecule has 0 radical (unpaired) electrons. The third kappa shape index (κ3) is 2.66. The molecule has 104 valence electrons. The van der Waals surface area contributed by atoms with E-state index in [-0.39, 0.29) is 0 Å². The number of hydrogen-bond acceptors (Lipinski definition) is 3. The topological polar surface area (TPSA) is 25.4 Å². The van der Waals surface area contributed by atoms with Gasteiger partial charge in [-0.1, -0.05) is 23.8 Å². The van der Waals surface area contributed by atoms with Gasteiger partial charge < -0.3 is 9.64 Å². The summed E-state index contributed by atoms with van der Waals surface area (Å²) in [5, 5.41) is 0. The van der Waals surface area contributed by atoms with Crippen molar-refractivity contribution in [2.75, 3.05) is 18.1 Å². The lowest BCUT2D eigenvalue weighted by Crippen LogP contribution is -2.33. The summed E-state index contributed by atoms with van der Waals surface area (Å²) in [6.07, 6.45) is 1.82. The Morgan fingerprint density at radius 1 is 1.30 bits per heavy atom. The summed E-state index contributed by atoms with van der Waals surface area (Å²) in [6, 6.07) is 8.57. The Morgan fingerprint density at radius 2 is 2.15 bits per heavy atom. The minimum Gasteiger partial charge on any atom is -0.488 e. The van der Waals surface area contributed by atoms with Crippen molar-refractivity contribution in [3.63, 3.8) is 0 Å². The van der Waals surface area contributed by atoms with Crippen molar-refractivity contribution >= 4 is 21.7 Å². The molecular weight excluding hydrogens is 316 g/mol. The van der Waals surface area contributed by atoms with E-state index in [9.17, 15) is 0 Å². The molecule has 20 heavy (non-hydrogen) atoms. The molecule has 2 heterocycles. The first-order valence-corrected chi connectivity index (χ1v) is 7.52. The van der Waals surface area contributed by atoms with Gasteiger partial charge in [-0.05, 0) is 47.0 Å². The van der Waals surface area contributed by atoms with Crippen molar-refractivity contribution in [3.05, 3.63) is 51.6 Å². The molecule has 2 aromatic rings. The number of pyridine rings is 1. The number of nitrogens with zero attached hydrogens (tertiary/aromatic N) is 2. The molecule has 1 aromatic carbocycles. The van der Waals surface area contributed by atoms with E-state index in [2.05, 4.69) is 57.9 Å². The monoisotopic (exact) mass is 332 g/mol. The number of ether oxygens (including phenoxy) is 1. The van der Waals surface area contributed by atoms with Gasteiger partial charge >= 0.3 is 0 Å². The summed E-state index contributed by atoms with van der Waals surface area (Å²) in [7, 11) is 0. The van der Waals surface area contributed by atoms with E-state index in [1.54, 1.807) is 0 Å². The summed E-state index contributed by atoms with van der Waals surface area (Å²) in [5.41, 5.74) is 3.96. The van der Waals surface area contributed by atoms with Crippen LogP contribution in [0.3, 0.4) is 0 Å². The summed E-state index contributed by atoms with van der Waals surface area (Å²) >= 11 is 3.44. The van der Waals surface area contributed by atoms with Gasteiger partial charge in [-0.25, -0.2) is 4.98 Å². The van der Waals surface area contributed by atoms with E-state index < -0.39 is 0 Å². The van der Waals surface area contributed by atoms with Crippen LogP contribution in [-0.4, -0.2) is 18.1 Å². The van der Waals surface area contributed by atoms with Crippen molar-refractivity contribution in [3.8, 4) is 5.75 Å². The lowest BCUT2D eigenvalue weighted by molar-refractivity contribution is 0.304. The van der Waals surface area contributed by atoms with E-state index in [1.807, 2.05) is 12.3 Å². The molecule has 3 nitrogen and oxygen atoms in total. The average molecular weight is 333 g/mol. The SMILES string of the molecule is Cc1ccc(C)c(CN2CCOc3cc(Br)cnc32)c1. The molecule has 0 amide bonds. The molecule has 0 spiro atoms. The highest BCUT2D eigenvalue weighted by Crippen LogP contribution is 2.32. The van der Waals surface area contributed by atoms with Crippen LogP contribution in [0.4, 0.5) is 5.82 Å². The van der Waals surface area contributed by atoms with Crippen LogP contribution in [0.15, 0.2) is 34.9 Å². The second kappa shape index (κ2) is 5.44. The van der Waals surface area contributed by atoms with Crippen molar-refractivity contribution in [2.24, 2.45) is 0 Å². The molecule has 1 aliphatic heterocycles. The zero-order chi connectivity index (χ0) is 14.1. The third-order valence-electron chi connectivity index (χ3n) is 3.58. The number of rotatable bonds is 2. The predicted octanol–water partition coefficient (Wildman–Crippen LogP) is 3.86. The Labute approximate surface area is 127 Å². The summed E-state index contributed by atoms with van der Waals surface area (Å²) in [5.74, 6) is 1.79. The molecule has 0 saturated carbocycles. The normalized spacial score (nSPS) is 13.8. The fourth-order valence-electron chi connectivity index (χ4n) is 2.46. The van der Waals surface area contributed by atoms with Crippen molar-refractivity contribution < 1.29 is 4.74 Å². The molecule has 1 aromatic heterocycles. The molecule has 0 atom stereocenters. The molecule has 0 saturated heterocycles. The molecule has 0 N–H and O–H groups in total. The van der Waals surface area contributed by atoms with Crippen LogP contribution in [0.25, 0.3) is 0 Å². The second-order valence-electron chi connectivity index (χ2n) is 5.18. The summed E-state index contributed by atoms with van der Waals surface area (Å²) < 4.78 is 6.64. The molecule has 0 unspecified atom stereocenters. The van der Waals surface area contributed by atoms with Crippen molar-refractivity contribution in [1.82, 2.24) is 4.98 Å². The Kier molecular flexibility index (Phi) is 3.66. The van der Waals surface area contributed by atoms with Gasteiger partial charge in [-0.3, -0.25) is 0 Å². The van der Waals surface area contributed by atoms with Crippen molar-refractivity contribution in [1.29, 1.82) is 0 Å². The number of aromatic nitrogens is 1. The third-order valence-corrected chi connectivity index (χ3v) is 4.02. The number of anilines is 1. The highest BCUT2D eigenvalue weighted by atomic mass is 79.9. The Hall–Kier alpha value is -1.55.